The van der Waals surface area contributed by atoms with Crippen LogP contribution in [-0.2, 0) is 6.18 Å². The van der Waals surface area contributed by atoms with Crippen molar-refractivity contribution in [1.82, 2.24) is 14.9 Å². The first-order valence-electron chi connectivity index (χ1n) is 11.0. The first-order valence-corrected chi connectivity index (χ1v) is 11.0. The van der Waals surface area contributed by atoms with Gasteiger partial charge >= 0.3 is 6.18 Å². The van der Waals surface area contributed by atoms with Crippen molar-refractivity contribution in [2.24, 2.45) is 0 Å². The molecule has 1 heterocycles. The molecule has 3 rings (SSSR count). The Bertz CT molecular complexity index is 1200. The van der Waals surface area contributed by atoms with E-state index in [1.165, 1.54) is 35.8 Å². The van der Waals surface area contributed by atoms with Crippen LogP contribution in [0.25, 0.3) is 16.8 Å². The summed E-state index contributed by atoms with van der Waals surface area (Å²) in [6.45, 7) is 6.53. The fourth-order valence-electron chi connectivity index (χ4n) is 3.57. The second-order valence-corrected chi connectivity index (χ2v) is 8.32. The molecule has 178 valence electrons. The maximum Gasteiger partial charge on any atom is 0.417 e. The number of aromatic nitrogens is 2. The number of benzene rings is 2. The number of carbonyl (C=O) groups excluding carboxylic acids is 1. The van der Waals surface area contributed by atoms with E-state index in [1.54, 1.807) is 34.9 Å². The molecule has 0 unspecified atom stereocenters. The van der Waals surface area contributed by atoms with Crippen LogP contribution in [0.1, 0.15) is 49.7 Å². The zero-order chi connectivity index (χ0) is 24.7. The van der Waals surface area contributed by atoms with Gasteiger partial charge in [-0.3, -0.25) is 9.36 Å². The van der Waals surface area contributed by atoms with E-state index in [0.717, 1.165) is 18.9 Å². The molecule has 1 aromatic heterocycles. The summed E-state index contributed by atoms with van der Waals surface area (Å²) in [5.74, 6) is -0.313. The molecule has 0 aliphatic heterocycles. The number of alkyl halides is 3. The molecular weight excluding hydrogens is 439 g/mol. The van der Waals surface area contributed by atoms with Gasteiger partial charge in [-0.15, -0.1) is 0 Å². The molecule has 0 saturated carbocycles. The molecule has 0 radical (unpaired) electrons. The molecule has 0 aliphatic rings. The predicted octanol–water partition coefficient (Wildman–Crippen LogP) is 6.98. The number of allylic oxidation sites excluding steroid dienone is 3. The lowest BCUT2D eigenvalue weighted by Crippen LogP contribution is -2.25. The summed E-state index contributed by atoms with van der Waals surface area (Å²) >= 11 is 0. The number of imidazole rings is 1. The Hall–Kier alpha value is -3.61. The molecule has 3 aromatic rings. The summed E-state index contributed by atoms with van der Waals surface area (Å²) in [6, 6.07) is 12.1. The summed E-state index contributed by atoms with van der Waals surface area (Å²) < 4.78 is 42.0. The minimum absolute atomic E-state index is 0.0803. The number of amides is 1. The Morgan fingerprint density at radius 3 is 2.56 bits per heavy atom. The monoisotopic (exact) mass is 467 g/mol. The van der Waals surface area contributed by atoms with Crippen LogP contribution in [0, 0.1) is 0 Å². The van der Waals surface area contributed by atoms with Gasteiger partial charge in [-0.1, -0.05) is 53.6 Å². The lowest BCUT2D eigenvalue weighted by atomic mass is 9.99. The van der Waals surface area contributed by atoms with Gasteiger partial charge in [-0.05, 0) is 62.9 Å². The third kappa shape index (κ3) is 6.47. The molecule has 1 N–H and O–H groups in total. The van der Waals surface area contributed by atoms with Crippen LogP contribution >= 0.6 is 0 Å². The lowest BCUT2D eigenvalue weighted by Gasteiger charge is -2.14. The van der Waals surface area contributed by atoms with E-state index < -0.39 is 11.7 Å². The van der Waals surface area contributed by atoms with E-state index in [0.29, 0.717) is 23.5 Å². The number of carbonyl (C=O) groups is 1. The Balaban J connectivity index is 1.78. The summed E-state index contributed by atoms with van der Waals surface area (Å²) in [5.41, 5.74) is 3.09. The Morgan fingerprint density at radius 1 is 1.06 bits per heavy atom. The molecule has 0 aliphatic carbocycles. The quantitative estimate of drug-likeness (QED) is 0.363. The Kier molecular flexibility index (Phi) is 8.10. The van der Waals surface area contributed by atoms with Crippen LogP contribution in [-0.4, -0.2) is 22.0 Å². The molecule has 0 spiro atoms. The minimum atomic E-state index is -4.47. The number of rotatable bonds is 8. The van der Waals surface area contributed by atoms with Gasteiger partial charge in [0.1, 0.15) is 5.69 Å². The van der Waals surface area contributed by atoms with Crippen molar-refractivity contribution in [3.63, 3.8) is 0 Å². The van der Waals surface area contributed by atoms with Crippen molar-refractivity contribution in [2.45, 2.75) is 39.8 Å². The van der Waals surface area contributed by atoms with Gasteiger partial charge in [0.15, 0.2) is 0 Å². The second-order valence-electron chi connectivity index (χ2n) is 8.32. The van der Waals surface area contributed by atoms with E-state index in [1.807, 2.05) is 13.0 Å². The summed E-state index contributed by atoms with van der Waals surface area (Å²) in [7, 11) is 0. The average Bonchev–Trinajstić information content (AvgIpc) is 3.28. The largest absolute Gasteiger partial charge is 0.417 e. The van der Waals surface area contributed by atoms with E-state index >= 15 is 0 Å². The van der Waals surface area contributed by atoms with Gasteiger partial charge in [0.25, 0.3) is 5.91 Å². The van der Waals surface area contributed by atoms with Gasteiger partial charge in [0, 0.05) is 12.2 Å². The first kappa shape index (κ1) is 25.0. The molecule has 7 heteroatoms. The van der Waals surface area contributed by atoms with Gasteiger partial charge in [0.05, 0.1) is 18.1 Å². The van der Waals surface area contributed by atoms with Gasteiger partial charge < -0.3 is 5.32 Å². The highest BCUT2D eigenvalue weighted by Gasteiger charge is 2.33. The fourth-order valence-corrected chi connectivity index (χ4v) is 3.57. The summed E-state index contributed by atoms with van der Waals surface area (Å²) in [6.07, 6.45) is 4.48. The molecule has 0 saturated heterocycles. The van der Waals surface area contributed by atoms with E-state index in [9.17, 15) is 18.0 Å². The van der Waals surface area contributed by atoms with Crippen molar-refractivity contribution in [1.29, 1.82) is 0 Å². The van der Waals surface area contributed by atoms with Crippen LogP contribution in [0.2, 0.25) is 0 Å². The maximum atomic E-state index is 13.5. The summed E-state index contributed by atoms with van der Waals surface area (Å²) in [5, 5.41) is 2.86. The van der Waals surface area contributed by atoms with E-state index in [-0.39, 0.29) is 11.5 Å². The van der Waals surface area contributed by atoms with Gasteiger partial charge in [0.2, 0.25) is 0 Å². The molecule has 4 nitrogen and oxygen atoms in total. The topological polar surface area (TPSA) is 46.9 Å². The average molecular weight is 468 g/mol. The van der Waals surface area contributed by atoms with Gasteiger partial charge in [-0.2, -0.15) is 13.2 Å². The van der Waals surface area contributed by atoms with Crippen LogP contribution < -0.4 is 5.32 Å². The highest BCUT2D eigenvalue weighted by Crippen LogP contribution is 2.37. The third-order valence-corrected chi connectivity index (χ3v) is 5.34. The first-order chi connectivity index (χ1) is 16.2. The molecule has 1 amide bonds. The van der Waals surface area contributed by atoms with Crippen LogP contribution in [0.5, 0.6) is 0 Å². The van der Waals surface area contributed by atoms with E-state index in [4.69, 9.17) is 0 Å². The van der Waals surface area contributed by atoms with Crippen molar-refractivity contribution < 1.29 is 18.0 Å². The second kappa shape index (κ2) is 11.0. The maximum absolute atomic E-state index is 13.5. The summed E-state index contributed by atoms with van der Waals surface area (Å²) in [4.78, 5) is 16.8. The molecule has 0 atom stereocenters. The van der Waals surface area contributed by atoms with Crippen molar-refractivity contribution in [2.75, 3.05) is 6.54 Å². The lowest BCUT2D eigenvalue weighted by molar-refractivity contribution is -0.137. The number of hydrogen-bond donors (Lipinski definition) is 1. The molecule has 34 heavy (non-hydrogen) atoms. The van der Waals surface area contributed by atoms with Crippen molar-refractivity contribution in [3.05, 3.63) is 95.6 Å². The number of nitrogens with zero attached hydrogens (tertiary/aromatic N) is 2. The SMILES string of the molecule is CC(C)=CCC/C(C)=C/CNC(=O)c1cncn1-c1cccc(-c2ccccc2C(F)(F)F)c1. The number of halogens is 3. The van der Waals surface area contributed by atoms with E-state index in [2.05, 4.69) is 30.2 Å². The zero-order valence-electron chi connectivity index (χ0n) is 19.5. The molecular formula is C27H28F3N3O. The van der Waals surface area contributed by atoms with Gasteiger partial charge in [-0.25, -0.2) is 4.98 Å². The normalized spacial score (nSPS) is 11.9. The van der Waals surface area contributed by atoms with Crippen LogP contribution in [0.15, 0.2) is 84.4 Å². The van der Waals surface area contributed by atoms with Crippen LogP contribution in [0.3, 0.4) is 0 Å². The van der Waals surface area contributed by atoms with Crippen LogP contribution in [0.4, 0.5) is 13.2 Å². The fraction of sp³-hybridized carbons (Fsp3) is 0.259. The molecule has 0 bridgehead atoms. The highest BCUT2D eigenvalue weighted by atomic mass is 19.4. The van der Waals surface area contributed by atoms with Crippen molar-refractivity contribution >= 4 is 5.91 Å². The highest BCUT2D eigenvalue weighted by molar-refractivity contribution is 5.93. The molecule has 0 fully saturated rings. The predicted molar refractivity (Wildman–Crippen MR) is 129 cm³/mol. The van der Waals surface area contributed by atoms with Crippen molar-refractivity contribution in [3.8, 4) is 16.8 Å². The number of hydrogen-bond acceptors (Lipinski definition) is 2. The number of nitrogens with one attached hydrogen (secondary N) is 1. The Morgan fingerprint density at radius 2 is 1.82 bits per heavy atom. The minimum Gasteiger partial charge on any atom is -0.347 e. The zero-order valence-corrected chi connectivity index (χ0v) is 19.5. The standard InChI is InChI=1S/C27H28F3N3O/c1-19(2)8-6-9-20(3)14-15-32-26(34)25-17-31-18-33(25)22-11-7-10-21(16-22)23-12-4-5-13-24(23)27(28,29)30/h4-5,7-8,10-14,16-18H,6,9,15H2,1-3H3,(H,32,34)/b20-14+. The Labute approximate surface area is 197 Å². The molecule has 2 aromatic carbocycles. The third-order valence-electron chi connectivity index (χ3n) is 5.34. The smallest absolute Gasteiger partial charge is 0.347 e.